The normalized spacial score (nSPS) is 15.9. The zero-order chi connectivity index (χ0) is 27.5. The van der Waals surface area contributed by atoms with Crippen molar-refractivity contribution in [2.45, 2.75) is 78.1 Å². The van der Waals surface area contributed by atoms with Gasteiger partial charge >= 0.3 is 5.97 Å². The SMILES string of the molecule is CC(=Cc1ccc(C(=O)O)cc1)c1cc2c(cc1C(C)C)C(C)(C)CCC2(C)C.Nc1ccc(O)cc1. The second-order valence-electron chi connectivity index (χ2n) is 11.8. The molecule has 0 radical (unpaired) electrons. The first-order valence-electron chi connectivity index (χ1n) is 13.0. The van der Waals surface area contributed by atoms with Gasteiger partial charge in [0.05, 0.1) is 5.56 Å². The Labute approximate surface area is 221 Å². The van der Waals surface area contributed by atoms with Gasteiger partial charge in [0.15, 0.2) is 0 Å². The monoisotopic (exact) mass is 499 g/mol. The van der Waals surface area contributed by atoms with Gasteiger partial charge in [0, 0.05) is 5.69 Å². The molecule has 196 valence electrons. The summed E-state index contributed by atoms with van der Waals surface area (Å²) < 4.78 is 0. The maximum atomic E-state index is 11.1. The molecule has 1 aliphatic carbocycles. The Bertz CT molecular complexity index is 1260. The molecular weight excluding hydrogens is 458 g/mol. The Morgan fingerprint density at radius 3 is 1.86 bits per heavy atom. The quantitative estimate of drug-likeness (QED) is 0.191. The second-order valence-corrected chi connectivity index (χ2v) is 11.8. The van der Waals surface area contributed by atoms with Gasteiger partial charge < -0.3 is 15.9 Å². The number of allylic oxidation sites excluding steroid dienone is 1. The van der Waals surface area contributed by atoms with Crippen molar-refractivity contribution in [2.24, 2.45) is 0 Å². The Kier molecular flexibility index (Phi) is 8.22. The van der Waals surface area contributed by atoms with E-state index in [1.165, 1.54) is 40.7 Å². The minimum absolute atomic E-state index is 0.179. The number of hydrogen-bond acceptors (Lipinski definition) is 3. The number of phenolic OH excluding ortho intramolecular Hbond substituents is 1. The zero-order valence-electron chi connectivity index (χ0n) is 23.2. The van der Waals surface area contributed by atoms with Crippen molar-refractivity contribution in [3.05, 3.63) is 94.0 Å². The Hall–Kier alpha value is -3.53. The van der Waals surface area contributed by atoms with E-state index in [1.807, 2.05) is 12.1 Å². The number of anilines is 1. The van der Waals surface area contributed by atoms with Crippen LogP contribution in [0.1, 0.15) is 105 Å². The summed E-state index contributed by atoms with van der Waals surface area (Å²) in [6, 6.07) is 18.4. The molecule has 4 rings (SSSR count). The molecule has 0 aliphatic heterocycles. The first-order valence-corrected chi connectivity index (χ1v) is 13.0. The fraction of sp³-hybridized carbons (Fsp3) is 0.364. The van der Waals surface area contributed by atoms with Crippen molar-refractivity contribution in [1.29, 1.82) is 0 Å². The van der Waals surface area contributed by atoms with E-state index in [2.05, 4.69) is 66.7 Å². The highest BCUT2D eigenvalue weighted by Gasteiger charge is 2.37. The summed E-state index contributed by atoms with van der Waals surface area (Å²) in [5.74, 6) is -0.202. The van der Waals surface area contributed by atoms with Crippen molar-refractivity contribution >= 4 is 23.3 Å². The van der Waals surface area contributed by atoms with Gasteiger partial charge in [-0.3, -0.25) is 0 Å². The van der Waals surface area contributed by atoms with Gasteiger partial charge in [-0.15, -0.1) is 0 Å². The number of hydrogen-bond donors (Lipinski definition) is 3. The van der Waals surface area contributed by atoms with E-state index in [0.29, 0.717) is 17.2 Å². The Morgan fingerprint density at radius 1 is 0.892 bits per heavy atom. The van der Waals surface area contributed by atoms with Crippen LogP contribution in [0.5, 0.6) is 5.75 Å². The topological polar surface area (TPSA) is 83.5 Å². The number of nitrogen functional groups attached to an aromatic ring is 1. The highest BCUT2D eigenvalue weighted by atomic mass is 16.4. The van der Waals surface area contributed by atoms with Gasteiger partial charge in [0.1, 0.15) is 5.75 Å². The van der Waals surface area contributed by atoms with Gasteiger partial charge in [-0.2, -0.15) is 0 Å². The summed E-state index contributed by atoms with van der Waals surface area (Å²) in [6.07, 6.45) is 4.59. The highest BCUT2D eigenvalue weighted by Crippen LogP contribution is 2.48. The van der Waals surface area contributed by atoms with Crippen LogP contribution in [0.3, 0.4) is 0 Å². The number of benzene rings is 3. The summed E-state index contributed by atoms with van der Waals surface area (Å²) >= 11 is 0. The van der Waals surface area contributed by atoms with E-state index in [4.69, 9.17) is 15.9 Å². The van der Waals surface area contributed by atoms with Crippen LogP contribution in [0.25, 0.3) is 11.6 Å². The molecule has 0 atom stereocenters. The van der Waals surface area contributed by atoms with E-state index in [1.54, 1.807) is 36.4 Å². The van der Waals surface area contributed by atoms with Crippen LogP contribution < -0.4 is 5.73 Å². The predicted octanol–water partition coefficient (Wildman–Crippen LogP) is 8.39. The summed E-state index contributed by atoms with van der Waals surface area (Å²) in [6.45, 7) is 16.2. The molecule has 4 N–H and O–H groups in total. The maximum absolute atomic E-state index is 11.1. The fourth-order valence-corrected chi connectivity index (χ4v) is 4.97. The van der Waals surface area contributed by atoms with Crippen LogP contribution in [-0.4, -0.2) is 16.2 Å². The summed E-state index contributed by atoms with van der Waals surface area (Å²) in [5.41, 5.74) is 14.6. The molecule has 4 nitrogen and oxygen atoms in total. The predicted molar refractivity (Wildman–Crippen MR) is 155 cm³/mol. The lowest BCUT2D eigenvalue weighted by Crippen LogP contribution is -2.34. The third kappa shape index (κ3) is 6.62. The molecule has 1 aliphatic rings. The van der Waals surface area contributed by atoms with Gasteiger partial charge in [0.2, 0.25) is 0 Å². The van der Waals surface area contributed by atoms with Crippen LogP contribution >= 0.6 is 0 Å². The number of nitrogens with two attached hydrogens (primary N) is 1. The smallest absolute Gasteiger partial charge is 0.335 e. The van der Waals surface area contributed by atoms with E-state index in [9.17, 15) is 4.79 Å². The molecule has 4 heteroatoms. The van der Waals surface area contributed by atoms with Crippen molar-refractivity contribution in [3.63, 3.8) is 0 Å². The summed E-state index contributed by atoms with van der Waals surface area (Å²) in [4.78, 5) is 11.1. The second kappa shape index (κ2) is 10.8. The third-order valence-corrected chi connectivity index (χ3v) is 7.50. The number of fused-ring (bicyclic) bond motifs is 1. The number of carboxylic acids is 1. The standard InChI is InChI=1S/C27H34O2.C6H7NO/c1-17(2)21-15-23-24(27(6,7)13-12-26(23,4)5)16-22(21)18(3)14-19-8-10-20(11-9-19)25(28)29;7-5-1-3-6(8)4-2-5/h8-11,14-17H,12-13H2,1-7H3,(H,28,29);1-4,8H,7H2. The molecule has 37 heavy (non-hydrogen) atoms. The molecule has 3 aromatic rings. The fourth-order valence-electron chi connectivity index (χ4n) is 4.97. The first kappa shape index (κ1) is 28.0. The number of aromatic carboxylic acids is 1. The largest absolute Gasteiger partial charge is 0.508 e. The molecule has 0 amide bonds. The molecule has 0 unspecified atom stereocenters. The molecular formula is C33H41NO3. The van der Waals surface area contributed by atoms with E-state index in [-0.39, 0.29) is 16.6 Å². The molecule has 0 heterocycles. The van der Waals surface area contributed by atoms with Crippen molar-refractivity contribution in [3.8, 4) is 5.75 Å². The molecule has 0 spiro atoms. The molecule has 0 saturated carbocycles. The number of rotatable bonds is 4. The van der Waals surface area contributed by atoms with Crippen molar-refractivity contribution < 1.29 is 15.0 Å². The number of carbonyl (C=O) groups is 1. The third-order valence-electron chi connectivity index (χ3n) is 7.50. The van der Waals surface area contributed by atoms with Crippen molar-refractivity contribution in [1.82, 2.24) is 0 Å². The van der Waals surface area contributed by atoms with Gasteiger partial charge in [-0.05, 0) is 106 Å². The number of phenols is 1. The lowest BCUT2D eigenvalue weighted by atomic mass is 9.62. The van der Waals surface area contributed by atoms with E-state index in [0.717, 1.165) is 5.56 Å². The summed E-state index contributed by atoms with van der Waals surface area (Å²) in [7, 11) is 0. The van der Waals surface area contributed by atoms with Gasteiger partial charge in [-0.1, -0.05) is 71.9 Å². The Morgan fingerprint density at radius 2 is 1.41 bits per heavy atom. The zero-order valence-corrected chi connectivity index (χ0v) is 23.2. The number of carboxylic acid groups (broad SMARTS) is 1. The number of aromatic hydroxyl groups is 1. The van der Waals surface area contributed by atoms with Crippen LogP contribution in [0.15, 0.2) is 60.7 Å². The highest BCUT2D eigenvalue weighted by molar-refractivity contribution is 5.88. The van der Waals surface area contributed by atoms with Gasteiger partial charge in [0.25, 0.3) is 0 Å². The molecule has 3 aromatic carbocycles. The van der Waals surface area contributed by atoms with Crippen LogP contribution in [0.2, 0.25) is 0 Å². The van der Waals surface area contributed by atoms with Crippen LogP contribution in [0.4, 0.5) is 5.69 Å². The average Bonchev–Trinajstić information content (AvgIpc) is 2.84. The van der Waals surface area contributed by atoms with Gasteiger partial charge in [-0.25, -0.2) is 4.79 Å². The van der Waals surface area contributed by atoms with E-state index >= 15 is 0 Å². The minimum atomic E-state index is -0.890. The lowest BCUT2D eigenvalue weighted by Gasteiger charge is -2.43. The Balaban J connectivity index is 0.000000405. The molecule has 0 aromatic heterocycles. The first-order chi connectivity index (χ1) is 17.2. The van der Waals surface area contributed by atoms with E-state index < -0.39 is 5.97 Å². The lowest BCUT2D eigenvalue weighted by molar-refractivity contribution is 0.0697. The van der Waals surface area contributed by atoms with Crippen molar-refractivity contribution in [2.75, 3.05) is 5.73 Å². The maximum Gasteiger partial charge on any atom is 0.335 e. The molecule has 0 saturated heterocycles. The molecule has 0 bridgehead atoms. The van der Waals surface area contributed by atoms with Crippen LogP contribution in [0, 0.1) is 0 Å². The molecule has 0 fully saturated rings. The summed E-state index contributed by atoms with van der Waals surface area (Å²) in [5, 5.41) is 17.8. The average molecular weight is 500 g/mol. The van der Waals surface area contributed by atoms with Crippen LogP contribution in [-0.2, 0) is 10.8 Å². The minimum Gasteiger partial charge on any atom is -0.508 e.